The summed E-state index contributed by atoms with van der Waals surface area (Å²) in [7, 11) is 0. The van der Waals surface area contributed by atoms with Crippen LogP contribution in [0.1, 0.15) is 114 Å². The fourth-order valence-electron chi connectivity index (χ4n) is 9.43. The van der Waals surface area contributed by atoms with E-state index >= 15 is 0 Å². The van der Waals surface area contributed by atoms with Gasteiger partial charge in [0.2, 0.25) is 0 Å². The first kappa shape index (κ1) is 26.0. The number of carbonyl (C=O) groups is 1. The van der Waals surface area contributed by atoms with Gasteiger partial charge in [-0.1, -0.05) is 98.5 Å². The van der Waals surface area contributed by atoms with Crippen LogP contribution in [0.2, 0.25) is 0 Å². The van der Waals surface area contributed by atoms with Crippen LogP contribution in [0.3, 0.4) is 0 Å². The number of hydrogen-bond acceptors (Lipinski definition) is 2. The van der Waals surface area contributed by atoms with Gasteiger partial charge in [-0.25, -0.2) is 0 Å². The van der Waals surface area contributed by atoms with E-state index in [0.717, 1.165) is 30.6 Å². The first-order valence-corrected chi connectivity index (χ1v) is 14.3. The van der Waals surface area contributed by atoms with E-state index < -0.39 is 0 Å². The maximum Gasteiger partial charge on any atom is 0.302 e. The minimum Gasteiger partial charge on any atom is -0.462 e. The zero-order chi connectivity index (χ0) is 25.1. The molecule has 8 atom stereocenters. The van der Waals surface area contributed by atoms with Crippen molar-refractivity contribution >= 4 is 5.97 Å². The molecule has 2 heteroatoms. The third-order valence-electron chi connectivity index (χ3n) is 11.7. The first-order chi connectivity index (χ1) is 15.8. The molecule has 34 heavy (non-hydrogen) atoms. The second-order valence-corrected chi connectivity index (χ2v) is 14.4. The number of hydrogen-bond donors (Lipinski definition) is 0. The van der Waals surface area contributed by atoms with Gasteiger partial charge in [-0.3, -0.25) is 4.79 Å². The summed E-state index contributed by atoms with van der Waals surface area (Å²) in [6.07, 6.45) is 18.1. The van der Waals surface area contributed by atoms with Crippen molar-refractivity contribution < 1.29 is 9.53 Å². The maximum atomic E-state index is 11.8. The van der Waals surface area contributed by atoms with Crippen LogP contribution in [0.25, 0.3) is 0 Å². The topological polar surface area (TPSA) is 26.3 Å². The van der Waals surface area contributed by atoms with Crippen LogP contribution >= 0.6 is 0 Å². The van der Waals surface area contributed by atoms with Gasteiger partial charge < -0.3 is 4.74 Å². The van der Waals surface area contributed by atoms with Crippen LogP contribution in [0, 0.1) is 51.2 Å². The summed E-state index contributed by atoms with van der Waals surface area (Å²) in [5, 5.41) is 0. The van der Waals surface area contributed by atoms with Crippen LogP contribution in [0.5, 0.6) is 0 Å². The van der Waals surface area contributed by atoms with Crippen LogP contribution < -0.4 is 0 Å². The molecule has 0 N–H and O–H groups in total. The van der Waals surface area contributed by atoms with Crippen molar-refractivity contribution in [3.63, 3.8) is 0 Å². The lowest BCUT2D eigenvalue weighted by Gasteiger charge is -2.62. The molecule has 192 valence electrons. The summed E-state index contributed by atoms with van der Waals surface area (Å²) in [6, 6.07) is 0. The molecular weight excluding hydrogens is 416 g/mol. The van der Waals surface area contributed by atoms with Crippen molar-refractivity contribution in [3.8, 4) is 0 Å². The molecule has 0 saturated heterocycles. The van der Waals surface area contributed by atoms with Gasteiger partial charge in [0.15, 0.2) is 0 Å². The summed E-state index contributed by atoms with van der Waals surface area (Å²) in [6.45, 7) is 21.3. The molecule has 0 amide bonds. The standard InChI is InChI=1S/C32H52O2/c1-21(2)11-10-12-22(3)24-15-19-32(9)26-13-14-27-29(5,6)28(34-23(4)33)17-18-30(27,7)25(26)16-20-31(24,32)8/h13-14,16,21-22,24,26-28H,10-12,15,17-20H2,1-9H3. The predicted molar refractivity (Wildman–Crippen MR) is 142 cm³/mol. The number of allylic oxidation sites excluding steroid dienone is 4. The zero-order valence-corrected chi connectivity index (χ0v) is 23.7. The van der Waals surface area contributed by atoms with E-state index in [2.05, 4.69) is 73.6 Å². The third kappa shape index (κ3) is 3.85. The highest BCUT2D eigenvalue weighted by molar-refractivity contribution is 5.66. The lowest BCUT2D eigenvalue weighted by Crippen LogP contribution is -2.56. The normalized spacial score (nSPS) is 43.5. The number of ether oxygens (including phenoxy) is 1. The fourth-order valence-corrected chi connectivity index (χ4v) is 9.43. The minimum atomic E-state index is -0.140. The molecule has 4 aliphatic carbocycles. The van der Waals surface area contributed by atoms with E-state index in [-0.39, 0.29) is 22.9 Å². The Morgan fingerprint density at radius 3 is 2.35 bits per heavy atom. The molecule has 0 aliphatic heterocycles. The van der Waals surface area contributed by atoms with Gasteiger partial charge in [0.05, 0.1) is 0 Å². The largest absolute Gasteiger partial charge is 0.462 e. The monoisotopic (exact) mass is 468 g/mol. The summed E-state index contributed by atoms with van der Waals surface area (Å²) in [5.74, 6) is 3.30. The molecule has 8 unspecified atom stereocenters. The van der Waals surface area contributed by atoms with Crippen molar-refractivity contribution in [3.05, 3.63) is 23.8 Å². The van der Waals surface area contributed by atoms with Crippen LogP contribution in [-0.4, -0.2) is 12.1 Å². The van der Waals surface area contributed by atoms with Gasteiger partial charge in [-0.15, -0.1) is 0 Å². The highest BCUT2D eigenvalue weighted by atomic mass is 16.5. The Hall–Kier alpha value is -1.05. The van der Waals surface area contributed by atoms with Crippen LogP contribution in [-0.2, 0) is 9.53 Å². The van der Waals surface area contributed by atoms with E-state index in [9.17, 15) is 4.79 Å². The Balaban J connectivity index is 1.62. The van der Waals surface area contributed by atoms with Crippen molar-refractivity contribution in [2.45, 2.75) is 120 Å². The molecule has 0 aromatic heterocycles. The zero-order valence-electron chi connectivity index (χ0n) is 23.7. The lowest BCUT2D eigenvalue weighted by atomic mass is 9.43. The molecule has 0 spiro atoms. The highest BCUT2D eigenvalue weighted by Crippen LogP contribution is 2.71. The number of rotatable bonds is 6. The average Bonchev–Trinajstić information content (AvgIpc) is 3.01. The predicted octanol–water partition coefficient (Wildman–Crippen LogP) is 8.76. The molecule has 4 rings (SSSR count). The maximum absolute atomic E-state index is 11.8. The second kappa shape index (κ2) is 8.81. The molecular formula is C32H52O2. The van der Waals surface area contributed by atoms with E-state index in [1.807, 2.05) is 0 Å². The molecule has 2 saturated carbocycles. The lowest BCUT2D eigenvalue weighted by molar-refractivity contribution is -0.163. The van der Waals surface area contributed by atoms with E-state index in [1.54, 1.807) is 12.5 Å². The average molecular weight is 469 g/mol. The van der Waals surface area contributed by atoms with Gasteiger partial charge in [-0.05, 0) is 72.0 Å². The van der Waals surface area contributed by atoms with E-state index in [0.29, 0.717) is 22.7 Å². The van der Waals surface area contributed by atoms with Gasteiger partial charge in [0.25, 0.3) is 0 Å². The summed E-state index contributed by atoms with van der Waals surface area (Å²) in [4.78, 5) is 11.8. The first-order valence-electron chi connectivity index (χ1n) is 14.3. The van der Waals surface area contributed by atoms with E-state index in [1.165, 1.54) is 38.5 Å². The van der Waals surface area contributed by atoms with Crippen molar-refractivity contribution in [1.82, 2.24) is 0 Å². The van der Waals surface area contributed by atoms with Crippen molar-refractivity contribution in [2.24, 2.45) is 51.2 Å². The second-order valence-electron chi connectivity index (χ2n) is 14.4. The van der Waals surface area contributed by atoms with Gasteiger partial charge in [0, 0.05) is 18.3 Å². The quantitative estimate of drug-likeness (QED) is 0.288. The highest BCUT2D eigenvalue weighted by Gasteiger charge is 2.64. The fraction of sp³-hybridized carbons (Fsp3) is 0.844. The number of carbonyl (C=O) groups excluding carboxylic acids is 1. The Bertz CT molecular complexity index is 849. The minimum absolute atomic E-state index is 0.0110. The SMILES string of the molecule is CC(=O)OC1CCC2(C)C3=CCC4(C)C(C(C)CCCC(C)C)CCC4(C)C3C=CC2C1(C)C. The Labute approximate surface area is 210 Å². The summed E-state index contributed by atoms with van der Waals surface area (Å²) < 4.78 is 5.84. The Morgan fingerprint density at radius 2 is 1.71 bits per heavy atom. The van der Waals surface area contributed by atoms with Crippen LogP contribution in [0.15, 0.2) is 23.8 Å². The summed E-state index contributed by atoms with van der Waals surface area (Å²) >= 11 is 0. The number of esters is 1. The summed E-state index contributed by atoms with van der Waals surface area (Å²) in [5.41, 5.74) is 2.56. The number of fused-ring (bicyclic) bond motifs is 5. The van der Waals surface area contributed by atoms with Crippen molar-refractivity contribution in [1.29, 1.82) is 0 Å². The van der Waals surface area contributed by atoms with Gasteiger partial charge in [0.1, 0.15) is 6.10 Å². The van der Waals surface area contributed by atoms with Gasteiger partial charge >= 0.3 is 5.97 Å². The molecule has 4 aliphatic rings. The molecule has 0 aromatic rings. The third-order valence-corrected chi connectivity index (χ3v) is 11.7. The Morgan fingerprint density at radius 1 is 1.00 bits per heavy atom. The molecule has 0 heterocycles. The molecule has 2 nitrogen and oxygen atoms in total. The molecule has 0 aromatic carbocycles. The van der Waals surface area contributed by atoms with E-state index in [4.69, 9.17) is 4.74 Å². The smallest absolute Gasteiger partial charge is 0.302 e. The van der Waals surface area contributed by atoms with Crippen molar-refractivity contribution in [2.75, 3.05) is 0 Å². The molecule has 0 radical (unpaired) electrons. The Kier molecular flexibility index (Phi) is 6.74. The molecule has 0 bridgehead atoms. The van der Waals surface area contributed by atoms with Gasteiger partial charge in [-0.2, -0.15) is 0 Å². The molecule has 2 fully saturated rings. The van der Waals surface area contributed by atoms with Crippen LogP contribution in [0.4, 0.5) is 0 Å².